The van der Waals surface area contributed by atoms with Crippen LogP contribution in [-0.2, 0) is 28.9 Å². The van der Waals surface area contributed by atoms with Gasteiger partial charge in [-0.25, -0.2) is 0 Å². The highest BCUT2D eigenvalue weighted by Crippen LogP contribution is 2.30. The number of ketones is 1. The van der Waals surface area contributed by atoms with E-state index in [-0.39, 0.29) is 17.8 Å². The van der Waals surface area contributed by atoms with Gasteiger partial charge >= 0.3 is 0 Å². The van der Waals surface area contributed by atoms with E-state index in [4.69, 9.17) is 9.53 Å². The molecule has 2 aromatic carbocycles. The van der Waals surface area contributed by atoms with Crippen LogP contribution in [0.1, 0.15) is 62.0 Å². The van der Waals surface area contributed by atoms with E-state index in [0.29, 0.717) is 12.6 Å². The van der Waals surface area contributed by atoms with E-state index in [2.05, 4.69) is 66.4 Å². The van der Waals surface area contributed by atoms with Crippen molar-refractivity contribution in [2.75, 3.05) is 32.1 Å². The molecule has 3 N–H and O–H groups in total. The van der Waals surface area contributed by atoms with Gasteiger partial charge in [0.25, 0.3) is 0 Å². The lowest BCUT2D eigenvalue weighted by Gasteiger charge is -2.26. The second-order valence-electron chi connectivity index (χ2n) is 10.0. The molecule has 39 heavy (non-hydrogen) atoms. The third-order valence-corrected chi connectivity index (χ3v) is 7.35. The Kier molecular flexibility index (Phi) is 13.9. The summed E-state index contributed by atoms with van der Waals surface area (Å²) in [5.74, 6) is 0.384. The van der Waals surface area contributed by atoms with Crippen LogP contribution < -0.4 is 10.6 Å². The number of fused-ring (bicyclic) bond motifs is 1. The average Bonchev–Trinajstić information content (AvgIpc) is 3.35. The number of anilines is 1. The number of hydrogen-bond acceptors (Lipinski definition) is 6. The van der Waals surface area contributed by atoms with Crippen LogP contribution in [0.4, 0.5) is 5.69 Å². The van der Waals surface area contributed by atoms with Gasteiger partial charge in [-0.05, 0) is 68.7 Å². The standard InChI is InChI=1S/C16H25NO2.C15H20N2O.CH2O/c1-13(11-14-5-3-2-4-6-14)16(18)12-17-15-7-9-19-10-8-15;1-5-11-9-17(6-2)15-13(11)7-12(10(3)18)8-14(15)16-4;1-2/h2-6,13,15-18H,7-12H2,1H3;7-9,16H,5-6H2,1-4H3;1H2. The van der Waals surface area contributed by atoms with E-state index in [0.717, 1.165) is 56.7 Å². The predicted octanol–water partition coefficient (Wildman–Crippen LogP) is 5.28. The number of benzene rings is 2. The van der Waals surface area contributed by atoms with E-state index in [1.54, 1.807) is 6.92 Å². The minimum atomic E-state index is -0.289. The first-order valence-corrected chi connectivity index (χ1v) is 14.0. The van der Waals surface area contributed by atoms with Crippen molar-refractivity contribution < 1.29 is 19.4 Å². The molecule has 0 saturated carbocycles. The lowest BCUT2D eigenvalue weighted by atomic mass is 9.95. The van der Waals surface area contributed by atoms with Crippen LogP contribution in [0.2, 0.25) is 0 Å². The van der Waals surface area contributed by atoms with E-state index >= 15 is 0 Å². The fraction of sp³-hybridized carbons (Fsp3) is 0.500. The van der Waals surface area contributed by atoms with E-state index < -0.39 is 0 Å². The van der Waals surface area contributed by atoms with Crippen molar-refractivity contribution in [3.8, 4) is 0 Å². The van der Waals surface area contributed by atoms with Gasteiger partial charge in [-0.1, -0.05) is 44.2 Å². The molecule has 4 rings (SSSR count). The van der Waals surface area contributed by atoms with Gasteiger partial charge in [0, 0.05) is 56.5 Å². The molecule has 2 heterocycles. The third-order valence-electron chi connectivity index (χ3n) is 7.35. The normalized spacial score (nSPS) is 14.9. The molecule has 1 aromatic heterocycles. The monoisotopic (exact) mass is 537 g/mol. The third kappa shape index (κ3) is 9.31. The molecule has 0 spiro atoms. The SMILES string of the molecule is C=O.CC(Cc1ccccc1)C(O)CNC1CCOCC1.CCc1cn(CC)c2c(NC)cc(C(C)=O)cc12. The number of rotatable bonds is 10. The number of nitrogens with zero attached hydrogens (tertiary/aromatic N) is 1. The number of aromatic nitrogens is 1. The summed E-state index contributed by atoms with van der Waals surface area (Å²) in [7, 11) is 1.90. The molecule has 1 aliphatic heterocycles. The topological polar surface area (TPSA) is 92.6 Å². The smallest absolute Gasteiger partial charge is 0.159 e. The number of aliphatic hydroxyl groups is 1. The number of ether oxygens (including phenoxy) is 1. The molecule has 1 aliphatic rings. The second kappa shape index (κ2) is 16.9. The van der Waals surface area contributed by atoms with E-state index in [1.165, 1.54) is 22.0 Å². The Labute approximate surface area is 233 Å². The zero-order chi connectivity index (χ0) is 28.8. The minimum absolute atomic E-state index is 0.111. The van der Waals surface area contributed by atoms with Gasteiger partial charge in [0.1, 0.15) is 6.79 Å². The fourth-order valence-electron chi connectivity index (χ4n) is 4.95. The molecule has 7 heteroatoms. The summed E-state index contributed by atoms with van der Waals surface area (Å²) in [6, 6.07) is 14.8. The minimum Gasteiger partial charge on any atom is -0.392 e. The number of carbonyl (C=O) groups is 2. The molecule has 3 aromatic rings. The number of carbonyl (C=O) groups excluding carboxylic acids is 2. The number of hydrogen-bond donors (Lipinski definition) is 3. The summed E-state index contributed by atoms with van der Waals surface area (Å²) in [6.07, 6.45) is 5.92. The highest BCUT2D eigenvalue weighted by Gasteiger charge is 2.18. The van der Waals surface area contributed by atoms with Crippen LogP contribution in [0.5, 0.6) is 0 Å². The van der Waals surface area contributed by atoms with Gasteiger partial charge in [0.15, 0.2) is 5.78 Å². The highest BCUT2D eigenvalue weighted by atomic mass is 16.5. The maximum Gasteiger partial charge on any atom is 0.159 e. The highest BCUT2D eigenvalue weighted by molar-refractivity contribution is 6.03. The van der Waals surface area contributed by atoms with Gasteiger partial charge in [0.05, 0.1) is 17.3 Å². The zero-order valence-corrected chi connectivity index (χ0v) is 24.3. The van der Waals surface area contributed by atoms with E-state index in [9.17, 15) is 9.90 Å². The Hall–Kier alpha value is -3.00. The Morgan fingerprint density at radius 2 is 1.82 bits per heavy atom. The lowest BCUT2D eigenvalue weighted by Crippen LogP contribution is -2.41. The molecule has 1 saturated heterocycles. The van der Waals surface area contributed by atoms with Gasteiger partial charge < -0.3 is 29.8 Å². The fourth-order valence-corrected chi connectivity index (χ4v) is 4.95. The van der Waals surface area contributed by atoms with Crippen LogP contribution >= 0.6 is 0 Å². The molecule has 2 atom stereocenters. The molecule has 214 valence electrons. The first-order chi connectivity index (χ1) is 18.9. The quantitative estimate of drug-likeness (QED) is 0.305. The lowest BCUT2D eigenvalue weighted by molar-refractivity contribution is -0.0980. The molecule has 0 amide bonds. The van der Waals surface area contributed by atoms with Crippen molar-refractivity contribution >= 4 is 29.2 Å². The molecular formula is C32H47N3O4. The molecule has 0 radical (unpaired) electrons. The summed E-state index contributed by atoms with van der Waals surface area (Å²) in [6.45, 7) is 13.3. The van der Waals surface area contributed by atoms with Crippen LogP contribution in [0.3, 0.4) is 0 Å². The molecule has 0 bridgehead atoms. The molecule has 2 unspecified atom stereocenters. The average molecular weight is 538 g/mol. The van der Waals surface area contributed by atoms with Crippen molar-refractivity contribution in [2.45, 2.75) is 72.1 Å². The van der Waals surface area contributed by atoms with Crippen LogP contribution in [0, 0.1) is 5.92 Å². The first kappa shape index (κ1) is 32.2. The van der Waals surface area contributed by atoms with Gasteiger partial charge in [-0.15, -0.1) is 0 Å². The Morgan fingerprint density at radius 3 is 2.38 bits per heavy atom. The van der Waals surface area contributed by atoms with Gasteiger partial charge in [-0.3, -0.25) is 4.79 Å². The van der Waals surface area contributed by atoms with Crippen molar-refractivity contribution in [1.29, 1.82) is 0 Å². The summed E-state index contributed by atoms with van der Waals surface area (Å²) in [4.78, 5) is 19.6. The van der Waals surface area contributed by atoms with Crippen LogP contribution in [-0.4, -0.2) is 61.2 Å². The zero-order valence-electron chi connectivity index (χ0n) is 24.3. The van der Waals surface area contributed by atoms with Crippen molar-refractivity contribution in [3.63, 3.8) is 0 Å². The number of aryl methyl sites for hydroxylation is 2. The molecule has 1 fully saturated rings. The van der Waals surface area contributed by atoms with Crippen molar-refractivity contribution in [3.05, 3.63) is 65.4 Å². The summed E-state index contributed by atoms with van der Waals surface area (Å²) >= 11 is 0. The maximum absolute atomic E-state index is 11.6. The number of nitrogens with one attached hydrogen (secondary N) is 2. The van der Waals surface area contributed by atoms with Crippen LogP contribution in [0.15, 0.2) is 48.7 Å². The maximum atomic E-state index is 11.6. The van der Waals surface area contributed by atoms with Gasteiger partial charge in [0.2, 0.25) is 0 Å². The Morgan fingerprint density at radius 1 is 1.15 bits per heavy atom. The Bertz CT molecular complexity index is 1140. The Balaban J connectivity index is 0.000000258. The first-order valence-electron chi connectivity index (χ1n) is 14.0. The molecular weight excluding hydrogens is 490 g/mol. The van der Waals surface area contributed by atoms with Gasteiger partial charge in [-0.2, -0.15) is 0 Å². The second-order valence-corrected chi connectivity index (χ2v) is 10.0. The predicted molar refractivity (Wildman–Crippen MR) is 161 cm³/mol. The summed E-state index contributed by atoms with van der Waals surface area (Å²) in [5.41, 5.74) is 5.59. The molecule has 0 aliphatic carbocycles. The van der Waals surface area contributed by atoms with Crippen LogP contribution in [0.25, 0.3) is 10.9 Å². The van der Waals surface area contributed by atoms with Crippen molar-refractivity contribution in [2.24, 2.45) is 5.92 Å². The number of aliphatic hydroxyl groups excluding tert-OH is 1. The largest absolute Gasteiger partial charge is 0.392 e. The number of Topliss-reactive ketones (excluding diaryl/α,β-unsaturated/α-hetero) is 1. The summed E-state index contributed by atoms with van der Waals surface area (Å²) in [5, 5.41) is 18.1. The van der Waals surface area contributed by atoms with Crippen molar-refractivity contribution in [1.82, 2.24) is 9.88 Å². The summed E-state index contributed by atoms with van der Waals surface area (Å²) < 4.78 is 7.57. The molecule has 7 nitrogen and oxygen atoms in total. The van der Waals surface area contributed by atoms with E-state index in [1.807, 2.05) is 32.0 Å².